The second-order valence-corrected chi connectivity index (χ2v) is 9.27. The second kappa shape index (κ2) is 10.9. The summed E-state index contributed by atoms with van der Waals surface area (Å²) >= 11 is 0. The summed E-state index contributed by atoms with van der Waals surface area (Å²) < 4.78 is 0. The smallest absolute Gasteiger partial charge is 0.256 e. The molecule has 2 aromatic rings. The quantitative estimate of drug-likeness (QED) is 0.647. The first-order valence-electron chi connectivity index (χ1n) is 12.5. The summed E-state index contributed by atoms with van der Waals surface area (Å²) in [5.74, 6) is 0.0839. The third kappa shape index (κ3) is 5.83. The number of rotatable bonds is 6. The van der Waals surface area contributed by atoms with Crippen molar-refractivity contribution in [2.75, 3.05) is 52.4 Å². The number of carbonyl (C=O) groups is 2. The van der Waals surface area contributed by atoms with Crippen molar-refractivity contribution in [1.29, 1.82) is 0 Å². The number of hydrazone groups is 2. The summed E-state index contributed by atoms with van der Waals surface area (Å²) in [7, 11) is 0. The maximum absolute atomic E-state index is 12.9. The third-order valence-corrected chi connectivity index (χ3v) is 6.79. The summed E-state index contributed by atoms with van der Waals surface area (Å²) in [5, 5.41) is 12.4. The van der Waals surface area contributed by atoms with Crippen LogP contribution in [-0.4, -0.2) is 95.4 Å². The third-order valence-electron chi connectivity index (χ3n) is 6.79. The number of hydrogen-bond donors (Lipinski definition) is 0. The Kier molecular flexibility index (Phi) is 7.30. The van der Waals surface area contributed by atoms with Crippen molar-refractivity contribution in [3.63, 3.8) is 0 Å². The molecular weight excluding hydrogens is 440 g/mol. The van der Waals surface area contributed by atoms with Crippen LogP contribution >= 0.6 is 0 Å². The molecule has 2 aromatic carbocycles. The molecule has 0 spiro atoms. The SMILES string of the molecule is O=C(CN1CCCN(CC(=O)N2CCC(c3ccccc3)=N2)CC1)N1CCC(c2ccccc2)=N1. The highest BCUT2D eigenvalue weighted by Crippen LogP contribution is 2.16. The van der Waals surface area contributed by atoms with E-state index in [-0.39, 0.29) is 11.8 Å². The molecule has 0 aromatic heterocycles. The Hall–Kier alpha value is -3.36. The van der Waals surface area contributed by atoms with E-state index in [0.717, 1.165) is 68.0 Å². The van der Waals surface area contributed by atoms with Crippen molar-refractivity contribution < 1.29 is 9.59 Å². The van der Waals surface area contributed by atoms with E-state index in [0.29, 0.717) is 26.2 Å². The lowest BCUT2D eigenvalue weighted by molar-refractivity contribution is -0.133. The van der Waals surface area contributed by atoms with Gasteiger partial charge < -0.3 is 0 Å². The summed E-state index contributed by atoms with van der Waals surface area (Å²) in [6, 6.07) is 20.1. The average molecular weight is 473 g/mol. The summed E-state index contributed by atoms with van der Waals surface area (Å²) in [6.45, 7) is 5.23. The molecule has 3 aliphatic rings. The molecule has 35 heavy (non-hydrogen) atoms. The number of nitrogens with zero attached hydrogens (tertiary/aromatic N) is 6. The predicted octanol–water partition coefficient (Wildman–Crippen LogP) is 2.27. The Balaban J connectivity index is 1.10. The van der Waals surface area contributed by atoms with Gasteiger partial charge in [0, 0.05) is 25.9 Å². The molecule has 3 aliphatic heterocycles. The van der Waals surface area contributed by atoms with Crippen molar-refractivity contribution in [1.82, 2.24) is 19.8 Å². The summed E-state index contributed by atoms with van der Waals surface area (Å²) in [4.78, 5) is 30.1. The Labute approximate surface area is 206 Å². The van der Waals surface area contributed by atoms with Gasteiger partial charge in [-0.2, -0.15) is 10.2 Å². The van der Waals surface area contributed by atoms with Gasteiger partial charge in [0.25, 0.3) is 11.8 Å². The van der Waals surface area contributed by atoms with Crippen LogP contribution in [0.25, 0.3) is 0 Å². The largest absolute Gasteiger partial charge is 0.293 e. The van der Waals surface area contributed by atoms with Gasteiger partial charge in [-0.15, -0.1) is 0 Å². The van der Waals surface area contributed by atoms with E-state index >= 15 is 0 Å². The minimum absolute atomic E-state index is 0.0419. The Bertz CT molecular complexity index is 1010. The van der Waals surface area contributed by atoms with Gasteiger partial charge in [-0.25, -0.2) is 10.0 Å². The molecule has 0 bridgehead atoms. The van der Waals surface area contributed by atoms with Gasteiger partial charge in [0.15, 0.2) is 0 Å². The molecule has 0 saturated carbocycles. The highest BCUT2D eigenvalue weighted by Gasteiger charge is 2.27. The molecule has 0 unspecified atom stereocenters. The molecule has 8 heteroatoms. The van der Waals surface area contributed by atoms with Gasteiger partial charge in [0.2, 0.25) is 0 Å². The van der Waals surface area contributed by atoms with E-state index in [1.165, 1.54) is 0 Å². The van der Waals surface area contributed by atoms with Crippen LogP contribution in [0.3, 0.4) is 0 Å². The van der Waals surface area contributed by atoms with Crippen LogP contribution in [0.1, 0.15) is 30.4 Å². The van der Waals surface area contributed by atoms with Gasteiger partial charge in [-0.3, -0.25) is 19.4 Å². The zero-order chi connectivity index (χ0) is 24.0. The van der Waals surface area contributed by atoms with Gasteiger partial charge in [-0.05, 0) is 30.6 Å². The van der Waals surface area contributed by atoms with E-state index in [4.69, 9.17) is 0 Å². The fourth-order valence-corrected chi connectivity index (χ4v) is 4.83. The second-order valence-electron chi connectivity index (χ2n) is 9.27. The standard InChI is InChI=1S/C27H32N6O2/c34-26(32-16-12-24(28-32)22-8-3-1-4-9-22)20-30-14-7-15-31(19-18-30)21-27(35)33-17-13-25(29-33)23-10-5-2-6-11-23/h1-6,8-11H,7,12-21H2. The first kappa shape index (κ1) is 23.4. The minimum atomic E-state index is 0.0419. The van der Waals surface area contributed by atoms with Crippen LogP contribution in [0.4, 0.5) is 0 Å². The predicted molar refractivity (Wildman–Crippen MR) is 136 cm³/mol. The molecule has 1 fully saturated rings. The van der Waals surface area contributed by atoms with E-state index < -0.39 is 0 Å². The lowest BCUT2D eigenvalue weighted by Crippen LogP contribution is -2.41. The van der Waals surface area contributed by atoms with Crippen molar-refractivity contribution in [3.8, 4) is 0 Å². The first-order valence-corrected chi connectivity index (χ1v) is 12.5. The van der Waals surface area contributed by atoms with Crippen molar-refractivity contribution >= 4 is 23.2 Å². The monoisotopic (exact) mass is 472 g/mol. The number of benzene rings is 2. The zero-order valence-corrected chi connectivity index (χ0v) is 20.1. The van der Waals surface area contributed by atoms with Crippen LogP contribution < -0.4 is 0 Å². The average Bonchev–Trinajstić information content (AvgIpc) is 3.54. The molecular formula is C27H32N6O2. The van der Waals surface area contributed by atoms with E-state index in [2.05, 4.69) is 20.0 Å². The maximum Gasteiger partial charge on any atom is 0.256 e. The van der Waals surface area contributed by atoms with Gasteiger partial charge in [-0.1, -0.05) is 60.7 Å². The topological polar surface area (TPSA) is 71.8 Å². The minimum Gasteiger partial charge on any atom is -0.293 e. The van der Waals surface area contributed by atoms with Crippen LogP contribution in [0.15, 0.2) is 70.9 Å². The normalized spacial score (nSPS) is 19.4. The Morgan fingerprint density at radius 1 is 0.600 bits per heavy atom. The summed E-state index contributed by atoms with van der Waals surface area (Å²) in [5.41, 5.74) is 4.10. The lowest BCUT2D eigenvalue weighted by Gasteiger charge is -2.23. The first-order chi connectivity index (χ1) is 17.2. The fourth-order valence-electron chi connectivity index (χ4n) is 4.83. The number of amides is 2. The maximum atomic E-state index is 12.9. The van der Waals surface area contributed by atoms with Crippen molar-refractivity contribution in [2.45, 2.75) is 19.3 Å². The number of hydrogen-bond acceptors (Lipinski definition) is 6. The highest BCUT2D eigenvalue weighted by atomic mass is 16.2. The van der Waals surface area contributed by atoms with Crippen LogP contribution in [-0.2, 0) is 9.59 Å². The number of carbonyl (C=O) groups excluding carboxylic acids is 2. The van der Waals surface area contributed by atoms with E-state index in [1.807, 2.05) is 60.7 Å². The van der Waals surface area contributed by atoms with Crippen molar-refractivity contribution in [2.24, 2.45) is 10.2 Å². The zero-order valence-electron chi connectivity index (χ0n) is 20.1. The molecule has 0 radical (unpaired) electrons. The molecule has 0 aliphatic carbocycles. The molecule has 3 heterocycles. The molecule has 0 atom stereocenters. The van der Waals surface area contributed by atoms with Gasteiger partial charge >= 0.3 is 0 Å². The Morgan fingerprint density at radius 2 is 1.03 bits per heavy atom. The fraction of sp³-hybridized carbons (Fsp3) is 0.407. The summed E-state index contributed by atoms with van der Waals surface area (Å²) in [6.07, 6.45) is 2.50. The molecule has 182 valence electrons. The Morgan fingerprint density at radius 3 is 1.46 bits per heavy atom. The van der Waals surface area contributed by atoms with Crippen LogP contribution in [0, 0.1) is 0 Å². The van der Waals surface area contributed by atoms with Crippen LogP contribution in [0.5, 0.6) is 0 Å². The van der Waals surface area contributed by atoms with E-state index in [9.17, 15) is 9.59 Å². The van der Waals surface area contributed by atoms with Gasteiger partial charge in [0.05, 0.1) is 37.6 Å². The highest BCUT2D eigenvalue weighted by molar-refractivity contribution is 6.03. The molecule has 2 amide bonds. The molecule has 5 rings (SSSR count). The lowest BCUT2D eigenvalue weighted by atomic mass is 10.1. The molecule has 8 nitrogen and oxygen atoms in total. The van der Waals surface area contributed by atoms with E-state index in [1.54, 1.807) is 10.0 Å². The molecule has 0 N–H and O–H groups in total. The van der Waals surface area contributed by atoms with Gasteiger partial charge in [0.1, 0.15) is 0 Å². The molecule has 1 saturated heterocycles. The van der Waals surface area contributed by atoms with Crippen LogP contribution in [0.2, 0.25) is 0 Å². The van der Waals surface area contributed by atoms with Crippen molar-refractivity contribution in [3.05, 3.63) is 71.8 Å².